The molecular weight excluding hydrogens is 374 g/mol. The van der Waals surface area contributed by atoms with Gasteiger partial charge in [-0.25, -0.2) is 0 Å². The number of allylic oxidation sites excluding steroid dienone is 6. The second-order valence-electron chi connectivity index (χ2n) is 4.72. The van der Waals surface area contributed by atoms with Crippen molar-refractivity contribution in [3.05, 3.63) is 47.6 Å². The Morgan fingerprint density at radius 1 is 0.950 bits per heavy atom. The van der Waals surface area contributed by atoms with Crippen molar-refractivity contribution in [1.29, 1.82) is 0 Å². The van der Waals surface area contributed by atoms with Crippen molar-refractivity contribution in [3.63, 3.8) is 0 Å². The van der Waals surface area contributed by atoms with Gasteiger partial charge in [0.1, 0.15) is 0 Å². The van der Waals surface area contributed by atoms with Crippen LogP contribution in [0.5, 0.6) is 0 Å². The molecule has 0 aromatic rings. The zero-order chi connectivity index (χ0) is 12.1. The van der Waals surface area contributed by atoms with Crippen LogP contribution in [-0.2, 0) is 26.2 Å². The van der Waals surface area contributed by atoms with Crippen molar-refractivity contribution in [3.8, 4) is 0 Å². The summed E-state index contributed by atoms with van der Waals surface area (Å²) in [6.45, 7) is 0.317. The maximum Gasteiger partial charge on any atom is 0.0562 e. The van der Waals surface area contributed by atoms with E-state index in [4.69, 9.17) is 5.11 Å². The van der Waals surface area contributed by atoms with Gasteiger partial charge in [0.05, 0.1) is 6.61 Å². The Balaban J connectivity index is 0. The monoisotopic (exact) mass is 394 g/mol. The second kappa shape index (κ2) is 11.0. The molecule has 2 nitrogen and oxygen atoms in total. The molecule has 5 heteroatoms. The van der Waals surface area contributed by atoms with Crippen LogP contribution >= 0.6 is 24.8 Å². The largest absolute Gasteiger partial charge is 0.396 e. The maximum atomic E-state index is 9.91. The predicted molar refractivity (Wildman–Crippen MR) is 84.0 cm³/mol. The van der Waals surface area contributed by atoms with Crippen LogP contribution in [0.4, 0.5) is 0 Å². The van der Waals surface area contributed by atoms with E-state index in [9.17, 15) is 5.11 Å². The van der Waals surface area contributed by atoms with Crippen molar-refractivity contribution in [2.75, 3.05) is 13.2 Å². The average Bonchev–Trinajstić information content (AvgIpc) is 3.04. The van der Waals surface area contributed by atoms with E-state index in [1.54, 1.807) is 0 Å². The first kappa shape index (κ1) is 22.6. The molecule has 0 aromatic heterocycles. The van der Waals surface area contributed by atoms with Crippen LogP contribution in [-0.4, -0.2) is 23.4 Å². The fourth-order valence-corrected chi connectivity index (χ4v) is 2.79. The molecule has 0 aliphatic heterocycles. The molecular formula is C15H22Cl2O2Zr. The molecule has 0 unspecified atom stereocenters. The van der Waals surface area contributed by atoms with E-state index in [1.807, 2.05) is 0 Å². The Morgan fingerprint density at radius 3 is 1.75 bits per heavy atom. The fourth-order valence-electron chi connectivity index (χ4n) is 2.79. The molecule has 0 spiro atoms. The molecule has 0 bridgehead atoms. The van der Waals surface area contributed by atoms with Crippen molar-refractivity contribution in [1.82, 2.24) is 0 Å². The van der Waals surface area contributed by atoms with E-state index >= 15 is 0 Å². The summed E-state index contributed by atoms with van der Waals surface area (Å²) < 4.78 is 0. The van der Waals surface area contributed by atoms with E-state index in [2.05, 4.69) is 36.5 Å². The Morgan fingerprint density at radius 2 is 1.45 bits per heavy atom. The number of aliphatic hydroxyl groups is 2. The van der Waals surface area contributed by atoms with Gasteiger partial charge < -0.3 is 10.2 Å². The molecule has 0 atom stereocenters. The fraction of sp³-hybridized carbons (Fsp3) is 0.467. The molecule has 0 fully saturated rings. The van der Waals surface area contributed by atoms with Crippen LogP contribution < -0.4 is 0 Å². The van der Waals surface area contributed by atoms with E-state index < -0.39 is 0 Å². The maximum absolute atomic E-state index is 9.91. The zero-order valence-electron chi connectivity index (χ0n) is 11.4. The van der Waals surface area contributed by atoms with Crippen LogP contribution in [0.25, 0.3) is 0 Å². The first-order valence-corrected chi connectivity index (χ1v) is 6.27. The number of halogens is 2. The van der Waals surface area contributed by atoms with Crippen molar-refractivity contribution < 1.29 is 36.4 Å². The van der Waals surface area contributed by atoms with Crippen molar-refractivity contribution >= 4 is 24.8 Å². The smallest absolute Gasteiger partial charge is 0.0562 e. The molecule has 20 heavy (non-hydrogen) atoms. The summed E-state index contributed by atoms with van der Waals surface area (Å²) in [5, 5.41) is 19.0. The summed E-state index contributed by atoms with van der Waals surface area (Å²) >= 11 is 0. The van der Waals surface area contributed by atoms with Gasteiger partial charge in [0, 0.05) is 38.2 Å². The molecule has 0 aromatic carbocycles. The molecule has 112 valence electrons. The van der Waals surface area contributed by atoms with E-state index in [0.717, 1.165) is 25.7 Å². The minimum Gasteiger partial charge on any atom is -0.396 e. The van der Waals surface area contributed by atoms with Gasteiger partial charge in [-0.1, -0.05) is 47.6 Å². The second-order valence-corrected chi connectivity index (χ2v) is 4.72. The SMILES string of the molecule is Cl.Cl.OCCCC(CO)(C1=CC=CC1)C1=CC=CC1.[Zr]. The number of rotatable bonds is 6. The standard InChI is InChI=1S/C15H20O2.2ClH.Zr/c16-11-5-10-15(12-17,13-6-1-2-7-13)14-8-3-4-9-14;;;/h1-4,6,8,16-17H,5,7,9-12H2;2*1H;. The molecule has 2 aliphatic carbocycles. The van der Waals surface area contributed by atoms with E-state index in [1.165, 1.54) is 11.1 Å². The normalized spacial score (nSPS) is 15.9. The van der Waals surface area contributed by atoms with Gasteiger partial charge in [-0.15, -0.1) is 24.8 Å². The number of hydrogen-bond donors (Lipinski definition) is 2. The van der Waals surface area contributed by atoms with Gasteiger partial charge in [-0.2, -0.15) is 0 Å². The first-order valence-electron chi connectivity index (χ1n) is 6.27. The third-order valence-corrected chi connectivity index (χ3v) is 3.80. The number of hydrogen-bond acceptors (Lipinski definition) is 2. The van der Waals surface area contributed by atoms with Gasteiger partial charge in [0.25, 0.3) is 0 Å². The van der Waals surface area contributed by atoms with Crippen LogP contribution in [0.2, 0.25) is 0 Å². The molecule has 0 saturated heterocycles. The summed E-state index contributed by atoms with van der Waals surface area (Å²) in [4.78, 5) is 0. The molecule has 0 radical (unpaired) electrons. The summed E-state index contributed by atoms with van der Waals surface area (Å²) in [6.07, 6.45) is 16.0. The van der Waals surface area contributed by atoms with Crippen molar-refractivity contribution in [2.45, 2.75) is 25.7 Å². The van der Waals surface area contributed by atoms with Crippen molar-refractivity contribution in [2.24, 2.45) is 5.41 Å². The summed E-state index contributed by atoms with van der Waals surface area (Å²) in [5.74, 6) is 0. The van der Waals surface area contributed by atoms with Crippen LogP contribution in [0.1, 0.15) is 25.7 Å². The van der Waals surface area contributed by atoms with Gasteiger partial charge in [-0.05, 0) is 25.7 Å². The van der Waals surface area contributed by atoms with Crippen LogP contribution in [0, 0.1) is 5.41 Å². The third kappa shape index (κ3) is 4.68. The molecule has 2 N–H and O–H groups in total. The molecule has 0 amide bonds. The quantitative estimate of drug-likeness (QED) is 0.723. The topological polar surface area (TPSA) is 40.5 Å². The molecule has 2 rings (SSSR count). The van der Waals surface area contributed by atoms with Gasteiger partial charge in [-0.3, -0.25) is 0 Å². The first-order chi connectivity index (χ1) is 8.33. The van der Waals surface area contributed by atoms with Gasteiger partial charge in [0.2, 0.25) is 0 Å². The molecule has 2 aliphatic rings. The third-order valence-electron chi connectivity index (χ3n) is 3.80. The van der Waals surface area contributed by atoms with Crippen LogP contribution in [0.3, 0.4) is 0 Å². The summed E-state index contributed by atoms with van der Waals surface area (Å²) in [6, 6.07) is 0. The zero-order valence-corrected chi connectivity index (χ0v) is 15.5. The van der Waals surface area contributed by atoms with E-state index in [-0.39, 0.29) is 69.6 Å². The molecule has 0 heterocycles. The Labute approximate surface area is 152 Å². The Bertz CT molecular complexity index is 371. The predicted octanol–water partition coefficient (Wildman–Crippen LogP) is 3.35. The summed E-state index contributed by atoms with van der Waals surface area (Å²) in [5.41, 5.74) is 2.31. The van der Waals surface area contributed by atoms with E-state index in [0.29, 0.717) is 0 Å². The Kier molecular flexibility index (Phi) is 12.4. The Hall–Kier alpha value is 0.343. The van der Waals surface area contributed by atoms with Gasteiger partial charge in [0.15, 0.2) is 0 Å². The minimum atomic E-state index is -0.254. The number of aliphatic hydroxyl groups excluding tert-OH is 2. The van der Waals surface area contributed by atoms with Gasteiger partial charge >= 0.3 is 0 Å². The molecule has 0 saturated carbocycles. The summed E-state index contributed by atoms with van der Waals surface area (Å²) in [7, 11) is 0. The minimum absolute atomic E-state index is 0. The average molecular weight is 396 g/mol. The van der Waals surface area contributed by atoms with Crippen LogP contribution in [0.15, 0.2) is 47.6 Å².